The molecule has 94 valence electrons. The summed E-state index contributed by atoms with van der Waals surface area (Å²) >= 11 is 6.11. The van der Waals surface area contributed by atoms with E-state index in [4.69, 9.17) is 11.6 Å². The van der Waals surface area contributed by atoms with Crippen LogP contribution in [-0.4, -0.2) is 6.54 Å². The Morgan fingerprint density at radius 3 is 2.82 bits per heavy atom. The summed E-state index contributed by atoms with van der Waals surface area (Å²) in [7, 11) is 0. The number of aryl methyl sites for hydroxylation is 1. The lowest BCUT2D eigenvalue weighted by atomic mass is 9.96. The first-order valence-corrected chi connectivity index (χ1v) is 7.08. The van der Waals surface area contributed by atoms with Crippen molar-refractivity contribution in [1.82, 2.24) is 5.32 Å². The van der Waals surface area contributed by atoms with Crippen LogP contribution in [0.1, 0.15) is 49.8 Å². The molecule has 0 spiro atoms. The number of benzene rings is 1. The quantitative estimate of drug-likeness (QED) is 0.786. The largest absolute Gasteiger partial charge is 0.310 e. The van der Waals surface area contributed by atoms with Crippen molar-refractivity contribution in [3.05, 3.63) is 34.3 Å². The zero-order chi connectivity index (χ0) is 12.3. The average Bonchev–Trinajstić information content (AvgIpc) is 3.12. The molecule has 1 nitrogen and oxygen atoms in total. The predicted octanol–water partition coefficient (Wildman–Crippen LogP) is 4.49. The van der Waals surface area contributed by atoms with Crippen molar-refractivity contribution in [3.8, 4) is 0 Å². The smallest absolute Gasteiger partial charge is 0.0409 e. The third kappa shape index (κ3) is 3.72. The molecule has 1 N–H and O–H groups in total. The van der Waals surface area contributed by atoms with Gasteiger partial charge < -0.3 is 5.32 Å². The van der Waals surface area contributed by atoms with E-state index in [0.29, 0.717) is 6.04 Å². The van der Waals surface area contributed by atoms with Crippen LogP contribution in [0, 0.1) is 12.8 Å². The van der Waals surface area contributed by atoms with Gasteiger partial charge in [0.15, 0.2) is 0 Å². The van der Waals surface area contributed by atoms with Gasteiger partial charge in [0.1, 0.15) is 0 Å². The number of halogens is 1. The summed E-state index contributed by atoms with van der Waals surface area (Å²) in [5.74, 6) is 0.996. The lowest BCUT2D eigenvalue weighted by Crippen LogP contribution is -2.21. The van der Waals surface area contributed by atoms with Gasteiger partial charge in [0.25, 0.3) is 0 Å². The lowest BCUT2D eigenvalue weighted by molar-refractivity contribution is 0.480. The monoisotopic (exact) mass is 251 g/mol. The Hall–Kier alpha value is -0.530. The van der Waals surface area contributed by atoms with Gasteiger partial charge in [0, 0.05) is 11.1 Å². The molecule has 0 aromatic heterocycles. The Kier molecular flexibility index (Phi) is 4.47. The topological polar surface area (TPSA) is 12.0 Å². The van der Waals surface area contributed by atoms with Gasteiger partial charge in [-0.25, -0.2) is 0 Å². The van der Waals surface area contributed by atoms with Crippen LogP contribution in [-0.2, 0) is 0 Å². The second-order valence-corrected chi connectivity index (χ2v) is 5.57. The summed E-state index contributed by atoms with van der Waals surface area (Å²) in [5.41, 5.74) is 2.72. The number of hydrogen-bond donors (Lipinski definition) is 1. The van der Waals surface area contributed by atoms with Gasteiger partial charge in [0.05, 0.1) is 0 Å². The number of nitrogens with one attached hydrogen (secondary N) is 1. The Bertz CT molecular complexity index is 371. The van der Waals surface area contributed by atoms with Crippen LogP contribution >= 0.6 is 11.6 Å². The van der Waals surface area contributed by atoms with Crippen LogP contribution in [0.15, 0.2) is 18.2 Å². The summed E-state index contributed by atoms with van der Waals surface area (Å²) in [4.78, 5) is 0. The highest BCUT2D eigenvalue weighted by molar-refractivity contribution is 6.30. The van der Waals surface area contributed by atoms with Gasteiger partial charge in [-0.1, -0.05) is 37.4 Å². The molecule has 0 radical (unpaired) electrons. The molecule has 0 saturated heterocycles. The molecule has 0 heterocycles. The van der Waals surface area contributed by atoms with Crippen molar-refractivity contribution in [3.63, 3.8) is 0 Å². The lowest BCUT2D eigenvalue weighted by Gasteiger charge is -2.20. The zero-order valence-electron chi connectivity index (χ0n) is 10.8. The van der Waals surface area contributed by atoms with E-state index in [-0.39, 0.29) is 0 Å². The van der Waals surface area contributed by atoms with E-state index in [1.165, 1.54) is 36.8 Å². The predicted molar refractivity (Wildman–Crippen MR) is 74.6 cm³/mol. The normalized spacial score (nSPS) is 17.1. The fourth-order valence-corrected chi connectivity index (χ4v) is 2.59. The highest BCUT2D eigenvalue weighted by atomic mass is 35.5. The Labute approximate surface area is 110 Å². The summed E-state index contributed by atoms with van der Waals surface area (Å²) in [6, 6.07) is 6.69. The van der Waals surface area contributed by atoms with Crippen LogP contribution in [0.5, 0.6) is 0 Å². The highest BCUT2D eigenvalue weighted by Crippen LogP contribution is 2.36. The van der Waals surface area contributed by atoms with E-state index >= 15 is 0 Å². The van der Waals surface area contributed by atoms with Gasteiger partial charge in [-0.3, -0.25) is 0 Å². The molecule has 1 aromatic rings. The van der Waals surface area contributed by atoms with E-state index in [9.17, 15) is 0 Å². The molecular formula is C15H22ClN. The van der Waals surface area contributed by atoms with Crippen molar-refractivity contribution >= 4 is 11.6 Å². The van der Waals surface area contributed by atoms with Crippen LogP contribution in [0.2, 0.25) is 5.02 Å². The van der Waals surface area contributed by atoms with Crippen LogP contribution in [0.4, 0.5) is 0 Å². The molecule has 1 atom stereocenters. The molecule has 1 aliphatic carbocycles. The second-order valence-electron chi connectivity index (χ2n) is 5.13. The Balaban J connectivity index is 2.08. The molecule has 1 saturated carbocycles. The highest BCUT2D eigenvalue weighted by Gasteiger charge is 2.23. The molecule has 2 heteroatoms. The zero-order valence-corrected chi connectivity index (χ0v) is 11.6. The van der Waals surface area contributed by atoms with Crippen molar-refractivity contribution in [1.29, 1.82) is 0 Å². The Morgan fingerprint density at radius 1 is 1.41 bits per heavy atom. The SMILES string of the molecule is CCNC(CCC1CC1)c1cc(Cl)ccc1C. The van der Waals surface area contributed by atoms with E-state index in [2.05, 4.69) is 31.3 Å². The molecule has 1 fully saturated rings. The maximum absolute atomic E-state index is 6.11. The molecule has 0 aliphatic heterocycles. The summed E-state index contributed by atoms with van der Waals surface area (Å²) in [6.07, 6.45) is 5.46. The molecule has 2 rings (SSSR count). The van der Waals surface area contributed by atoms with Crippen molar-refractivity contribution < 1.29 is 0 Å². The van der Waals surface area contributed by atoms with Crippen molar-refractivity contribution in [2.75, 3.05) is 6.54 Å². The van der Waals surface area contributed by atoms with E-state index in [1.54, 1.807) is 0 Å². The van der Waals surface area contributed by atoms with Gasteiger partial charge in [-0.15, -0.1) is 0 Å². The van der Waals surface area contributed by atoms with Crippen LogP contribution < -0.4 is 5.32 Å². The summed E-state index contributed by atoms with van der Waals surface area (Å²) in [5, 5.41) is 4.44. The minimum Gasteiger partial charge on any atom is -0.310 e. The molecule has 0 amide bonds. The second kappa shape index (κ2) is 5.88. The fraction of sp³-hybridized carbons (Fsp3) is 0.600. The molecule has 1 aliphatic rings. The average molecular weight is 252 g/mol. The summed E-state index contributed by atoms with van der Waals surface area (Å²) in [6.45, 7) is 5.36. The molecular weight excluding hydrogens is 230 g/mol. The van der Waals surface area contributed by atoms with E-state index in [1.807, 2.05) is 6.07 Å². The van der Waals surface area contributed by atoms with Crippen molar-refractivity contribution in [2.24, 2.45) is 5.92 Å². The number of hydrogen-bond acceptors (Lipinski definition) is 1. The van der Waals surface area contributed by atoms with Gasteiger partial charge in [0.2, 0.25) is 0 Å². The maximum Gasteiger partial charge on any atom is 0.0409 e. The van der Waals surface area contributed by atoms with Gasteiger partial charge in [-0.05, 0) is 55.5 Å². The van der Waals surface area contributed by atoms with E-state index < -0.39 is 0 Å². The molecule has 0 bridgehead atoms. The minimum absolute atomic E-state index is 0.472. The van der Waals surface area contributed by atoms with Crippen molar-refractivity contribution in [2.45, 2.75) is 45.6 Å². The minimum atomic E-state index is 0.472. The molecule has 1 aromatic carbocycles. The maximum atomic E-state index is 6.11. The standard InChI is InChI=1S/C15H22ClN/c1-3-17-15(9-7-12-5-6-12)14-10-13(16)8-4-11(14)2/h4,8,10,12,15,17H,3,5-7,9H2,1-2H3. The first-order valence-electron chi connectivity index (χ1n) is 6.70. The third-order valence-corrected chi connectivity index (χ3v) is 3.86. The fourth-order valence-electron chi connectivity index (χ4n) is 2.41. The van der Waals surface area contributed by atoms with Crippen LogP contribution in [0.25, 0.3) is 0 Å². The molecule has 1 unspecified atom stereocenters. The van der Waals surface area contributed by atoms with Gasteiger partial charge in [-0.2, -0.15) is 0 Å². The number of rotatable bonds is 6. The third-order valence-electron chi connectivity index (χ3n) is 3.63. The first kappa shape index (κ1) is 12.9. The van der Waals surface area contributed by atoms with E-state index in [0.717, 1.165) is 17.5 Å². The molecule has 17 heavy (non-hydrogen) atoms. The first-order chi connectivity index (χ1) is 8.20. The van der Waals surface area contributed by atoms with Crippen LogP contribution in [0.3, 0.4) is 0 Å². The Morgan fingerprint density at radius 2 is 2.18 bits per heavy atom. The summed E-state index contributed by atoms with van der Waals surface area (Å²) < 4.78 is 0. The van der Waals surface area contributed by atoms with Gasteiger partial charge >= 0.3 is 0 Å².